The van der Waals surface area contributed by atoms with Crippen LogP contribution < -0.4 is 9.47 Å². The normalized spacial score (nSPS) is 16.1. The van der Waals surface area contributed by atoms with Gasteiger partial charge in [-0.3, -0.25) is 4.79 Å². The van der Waals surface area contributed by atoms with Crippen LogP contribution >= 0.6 is 0 Å². The molecule has 1 N–H and O–H groups in total. The number of ether oxygens (including phenoxy) is 2. The van der Waals surface area contributed by atoms with E-state index >= 15 is 0 Å². The Morgan fingerprint density at radius 1 is 0.900 bits per heavy atom. The van der Waals surface area contributed by atoms with Gasteiger partial charge in [0.1, 0.15) is 11.5 Å². The highest BCUT2D eigenvalue weighted by Crippen LogP contribution is 2.44. The van der Waals surface area contributed by atoms with Gasteiger partial charge < -0.3 is 19.5 Å². The van der Waals surface area contributed by atoms with Crippen LogP contribution in [0.15, 0.2) is 84.6 Å². The molecule has 0 aromatic heterocycles. The number of methoxy groups -OCH3 is 2. The highest BCUT2D eigenvalue weighted by atomic mass is 16.5. The molecule has 30 heavy (non-hydrogen) atoms. The molecular weight excluding hydrogens is 378 g/mol. The Morgan fingerprint density at radius 3 is 2.20 bits per heavy atom. The first-order chi connectivity index (χ1) is 14.6. The summed E-state index contributed by atoms with van der Waals surface area (Å²) in [7, 11) is 3.18. The molecule has 1 aliphatic rings. The molecule has 0 fully saturated rings. The largest absolute Gasteiger partial charge is 0.503 e. The lowest BCUT2D eigenvalue weighted by Gasteiger charge is -2.28. The summed E-state index contributed by atoms with van der Waals surface area (Å²) in [5.41, 5.74) is 3.19. The maximum absolute atomic E-state index is 13.2. The number of rotatable bonds is 6. The standard InChI is InChI=1S/C25H23NO4/c1-29-20-14-13-19(21(15-20)30-2)16-26-23(18-11-7-4-8-12-18)22(24(27)25(26)28)17-9-5-3-6-10-17/h3-15,23,27H,16H2,1-2H3. The first kappa shape index (κ1) is 19.6. The molecule has 5 nitrogen and oxygen atoms in total. The summed E-state index contributed by atoms with van der Waals surface area (Å²) in [4.78, 5) is 14.8. The third-order valence-electron chi connectivity index (χ3n) is 5.34. The molecule has 4 rings (SSSR count). The highest BCUT2D eigenvalue weighted by molar-refractivity contribution is 6.05. The zero-order valence-electron chi connectivity index (χ0n) is 16.9. The Hall–Kier alpha value is -3.73. The van der Waals surface area contributed by atoms with E-state index in [9.17, 15) is 9.90 Å². The third-order valence-corrected chi connectivity index (χ3v) is 5.34. The monoisotopic (exact) mass is 401 g/mol. The van der Waals surface area contributed by atoms with Crippen LogP contribution in [0.1, 0.15) is 22.7 Å². The Morgan fingerprint density at radius 2 is 1.57 bits per heavy atom. The number of amides is 1. The van der Waals surface area contributed by atoms with Gasteiger partial charge in [-0.1, -0.05) is 60.7 Å². The number of carbonyl (C=O) groups is 1. The van der Waals surface area contributed by atoms with Gasteiger partial charge in [0.05, 0.1) is 26.8 Å². The van der Waals surface area contributed by atoms with Gasteiger partial charge in [-0.25, -0.2) is 0 Å². The van der Waals surface area contributed by atoms with Crippen LogP contribution in [0.25, 0.3) is 5.57 Å². The van der Waals surface area contributed by atoms with Crippen LogP contribution in [-0.2, 0) is 11.3 Å². The van der Waals surface area contributed by atoms with E-state index in [1.54, 1.807) is 25.2 Å². The lowest BCUT2D eigenvalue weighted by Crippen LogP contribution is -2.30. The number of nitrogens with zero attached hydrogens (tertiary/aromatic N) is 1. The van der Waals surface area contributed by atoms with Crippen LogP contribution in [-0.4, -0.2) is 30.1 Å². The summed E-state index contributed by atoms with van der Waals surface area (Å²) < 4.78 is 10.8. The van der Waals surface area contributed by atoms with E-state index in [-0.39, 0.29) is 12.3 Å². The van der Waals surface area contributed by atoms with Gasteiger partial charge in [0, 0.05) is 17.2 Å². The molecule has 0 saturated heterocycles. The first-order valence-electron chi connectivity index (χ1n) is 9.69. The van der Waals surface area contributed by atoms with Crippen molar-refractivity contribution < 1.29 is 19.4 Å². The fourth-order valence-corrected chi connectivity index (χ4v) is 3.88. The maximum Gasteiger partial charge on any atom is 0.290 e. The van der Waals surface area contributed by atoms with Crippen LogP contribution in [0.2, 0.25) is 0 Å². The van der Waals surface area contributed by atoms with E-state index in [4.69, 9.17) is 9.47 Å². The van der Waals surface area contributed by atoms with Gasteiger partial charge >= 0.3 is 0 Å². The van der Waals surface area contributed by atoms with Crippen molar-refractivity contribution in [2.45, 2.75) is 12.6 Å². The lowest BCUT2D eigenvalue weighted by molar-refractivity contribution is -0.130. The minimum atomic E-state index is -0.409. The van der Waals surface area contributed by atoms with Crippen LogP contribution in [0.5, 0.6) is 11.5 Å². The second kappa shape index (κ2) is 8.33. The van der Waals surface area contributed by atoms with Crippen molar-refractivity contribution in [3.05, 3.63) is 101 Å². The summed E-state index contributed by atoms with van der Waals surface area (Å²) in [6, 6.07) is 24.4. The number of aliphatic hydroxyl groups is 1. The van der Waals surface area contributed by atoms with E-state index in [1.165, 1.54) is 0 Å². The molecule has 3 aromatic rings. The quantitative estimate of drug-likeness (QED) is 0.647. The van der Waals surface area contributed by atoms with Gasteiger partial charge in [0.15, 0.2) is 5.76 Å². The molecule has 1 amide bonds. The average molecular weight is 401 g/mol. The predicted octanol–water partition coefficient (Wildman–Crippen LogP) is 4.76. The topological polar surface area (TPSA) is 59.0 Å². The molecule has 1 heterocycles. The van der Waals surface area contributed by atoms with Gasteiger partial charge in [-0.15, -0.1) is 0 Å². The molecule has 1 unspecified atom stereocenters. The van der Waals surface area contributed by atoms with Gasteiger partial charge in [0.2, 0.25) is 0 Å². The summed E-state index contributed by atoms with van der Waals surface area (Å²) in [6.07, 6.45) is 0. The van der Waals surface area contributed by atoms with E-state index < -0.39 is 11.9 Å². The van der Waals surface area contributed by atoms with Crippen molar-refractivity contribution in [3.63, 3.8) is 0 Å². The fourth-order valence-electron chi connectivity index (χ4n) is 3.88. The molecule has 1 atom stereocenters. The van der Waals surface area contributed by atoms with E-state index in [0.29, 0.717) is 17.1 Å². The minimum absolute atomic E-state index is 0.220. The van der Waals surface area contributed by atoms with E-state index in [1.807, 2.05) is 72.8 Å². The number of hydrogen-bond acceptors (Lipinski definition) is 4. The minimum Gasteiger partial charge on any atom is -0.503 e. The zero-order chi connectivity index (χ0) is 21.1. The smallest absolute Gasteiger partial charge is 0.290 e. The van der Waals surface area contributed by atoms with Crippen molar-refractivity contribution >= 4 is 11.5 Å². The van der Waals surface area contributed by atoms with Crippen molar-refractivity contribution in [2.75, 3.05) is 14.2 Å². The van der Waals surface area contributed by atoms with Crippen molar-refractivity contribution in [3.8, 4) is 11.5 Å². The molecule has 0 spiro atoms. The number of hydrogen-bond donors (Lipinski definition) is 1. The van der Waals surface area contributed by atoms with Crippen LogP contribution in [0, 0.1) is 0 Å². The number of benzene rings is 3. The van der Waals surface area contributed by atoms with Crippen molar-refractivity contribution in [1.29, 1.82) is 0 Å². The third kappa shape index (κ3) is 3.50. The summed E-state index contributed by atoms with van der Waals surface area (Å²) in [5.74, 6) is 0.679. The Kier molecular flexibility index (Phi) is 5.44. The van der Waals surface area contributed by atoms with Crippen LogP contribution in [0.4, 0.5) is 0 Å². The summed E-state index contributed by atoms with van der Waals surface area (Å²) in [6.45, 7) is 0.284. The molecule has 0 radical (unpaired) electrons. The van der Waals surface area contributed by atoms with Gasteiger partial charge in [0.25, 0.3) is 5.91 Å². The highest BCUT2D eigenvalue weighted by Gasteiger charge is 2.41. The second-order valence-electron chi connectivity index (χ2n) is 7.05. The van der Waals surface area contributed by atoms with Crippen LogP contribution in [0.3, 0.4) is 0 Å². The number of carbonyl (C=O) groups excluding carboxylic acids is 1. The van der Waals surface area contributed by atoms with Gasteiger partial charge in [-0.05, 0) is 23.3 Å². The summed E-state index contributed by atoms with van der Waals surface area (Å²) >= 11 is 0. The average Bonchev–Trinajstić information content (AvgIpc) is 3.05. The SMILES string of the molecule is COc1ccc(CN2C(=O)C(O)=C(c3ccccc3)C2c2ccccc2)c(OC)c1. The molecule has 0 saturated carbocycles. The second-order valence-corrected chi connectivity index (χ2v) is 7.05. The molecule has 0 aliphatic carbocycles. The van der Waals surface area contributed by atoms with Crippen molar-refractivity contribution in [2.24, 2.45) is 0 Å². The van der Waals surface area contributed by atoms with Crippen molar-refractivity contribution in [1.82, 2.24) is 4.90 Å². The molecular formula is C25H23NO4. The molecule has 5 heteroatoms. The first-order valence-corrected chi connectivity index (χ1v) is 9.69. The Balaban J connectivity index is 1.79. The molecule has 3 aromatic carbocycles. The molecule has 0 bridgehead atoms. The lowest BCUT2D eigenvalue weighted by atomic mass is 9.93. The Bertz CT molecular complexity index is 1080. The molecule has 152 valence electrons. The number of aliphatic hydroxyl groups excluding tert-OH is 1. The fraction of sp³-hybridized carbons (Fsp3) is 0.160. The van der Waals surface area contributed by atoms with Gasteiger partial charge in [-0.2, -0.15) is 0 Å². The Labute approximate surface area is 175 Å². The zero-order valence-corrected chi connectivity index (χ0v) is 16.9. The summed E-state index contributed by atoms with van der Waals surface area (Å²) in [5, 5.41) is 10.8. The van der Waals surface area contributed by atoms with E-state index in [2.05, 4.69) is 0 Å². The molecule has 1 aliphatic heterocycles. The van der Waals surface area contributed by atoms with E-state index in [0.717, 1.165) is 16.7 Å². The maximum atomic E-state index is 13.2. The predicted molar refractivity (Wildman–Crippen MR) is 115 cm³/mol.